The first-order chi connectivity index (χ1) is 8.43. The highest BCUT2D eigenvalue weighted by Gasteiger charge is 2.40. The molecule has 5 nitrogen and oxygen atoms in total. The zero-order valence-electron chi connectivity index (χ0n) is 10.9. The van der Waals surface area contributed by atoms with E-state index in [4.69, 9.17) is 5.11 Å². The lowest BCUT2D eigenvalue weighted by molar-refractivity contribution is -0.139. The maximum absolute atomic E-state index is 11.8. The minimum atomic E-state index is -0.846. The second kappa shape index (κ2) is 4.78. The summed E-state index contributed by atoms with van der Waals surface area (Å²) in [5.74, 6) is -0.846. The van der Waals surface area contributed by atoms with Crippen LogP contribution >= 0.6 is 0 Å². The normalized spacial score (nSPS) is 23.4. The van der Waals surface area contributed by atoms with Crippen molar-refractivity contribution in [2.45, 2.75) is 57.4 Å². The summed E-state index contributed by atoms with van der Waals surface area (Å²) < 4.78 is 0. The molecule has 0 aliphatic heterocycles. The van der Waals surface area contributed by atoms with E-state index in [0.29, 0.717) is 6.54 Å². The van der Waals surface area contributed by atoms with Crippen LogP contribution in [0.3, 0.4) is 0 Å². The highest BCUT2D eigenvalue weighted by molar-refractivity contribution is 5.77. The Morgan fingerprint density at radius 1 is 1.17 bits per heavy atom. The zero-order valence-corrected chi connectivity index (χ0v) is 10.9. The van der Waals surface area contributed by atoms with E-state index in [-0.39, 0.29) is 17.9 Å². The molecule has 0 aromatic rings. The molecule has 0 unspecified atom stereocenters. The van der Waals surface area contributed by atoms with Gasteiger partial charge < -0.3 is 15.7 Å². The van der Waals surface area contributed by atoms with Crippen LogP contribution < -0.4 is 10.6 Å². The first kappa shape index (κ1) is 13.2. The third-order valence-corrected chi connectivity index (χ3v) is 4.42. The van der Waals surface area contributed by atoms with Gasteiger partial charge in [0.1, 0.15) is 0 Å². The van der Waals surface area contributed by atoms with Gasteiger partial charge in [0.05, 0.1) is 12.0 Å². The molecule has 0 saturated heterocycles. The lowest BCUT2D eigenvalue weighted by Crippen LogP contribution is -2.58. The number of hydrogen-bond donors (Lipinski definition) is 3. The van der Waals surface area contributed by atoms with E-state index in [9.17, 15) is 9.59 Å². The SMILES string of the molecule is CC1(CNC(=O)NC2(CC(=O)O)CCC2)CCC1. The first-order valence-electron chi connectivity index (χ1n) is 6.71. The predicted molar refractivity (Wildman–Crippen MR) is 67.3 cm³/mol. The Kier molecular flexibility index (Phi) is 3.50. The molecule has 5 heteroatoms. The summed E-state index contributed by atoms with van der Waals surface area (Å²) >= 11 is 0. The summed E-state index contributed by atoms with van der Waals surface area (Å²) in [6.07, 6.45) is 6.11. The van der Waals surface area contributed by atoms with Gasteiger partial charge >= 0.3 is 12.0 Å². The van der Waals surface area contributed by atoms with Crippen LogP contribution in [0.15, 0.2) is 0 Å². The van der Waals surface area contributed by atoms with Gasteiger partial charge in [0, 0.05) is 6.54 Å². The Morgan fingerprint density at radius 3 is 2.17 bits per heavy atom. The third kappa shape index (κ3) is 2.94. The fourth-order valence-electron chi connectivity index (χ4n) is 2.77. The van der Waals surface area contributed by atoms with Crippen molar-refractivity contribution in [1.82, 2.24) is 10.6 Å². The van der Waals surface area contributed by atoms with Gasteiger partial charge in [-0.1, -0.05) is 13.3 Å². The summed E-state index contributed by atoms with van der Waals surface area (Å²) in [5, 5.41) is 14.6. The Hall–Kier alpha value is -1.26. The van der Waals surface area contributed by atoms with Crippen LogP contribution in [0.4, 0.5) is 4.79 Å². The first-order valence-corrected chi connectivity index (χ1v) is 6.71. The van der Waals surface area contributed by atoms with Crippen LogP contribution in [0.25, 0.3) is 0 Å². The molecule has 2 fully saturated rings. The fourth-order valence-corrected chi connectivity index (χ4v) is 2.77. The summed E-state index contributed by atoms with van der Waals surface area (Å²) in [4.78, 5) is 22.6. The van der Waals surface area contributed by atoms with Crippen molar-refractivity contribution < 1.29 is 14.7 Å². The van der Waals surface area contributed by atoms with Crippen molar-refractivity contribution in [1.29, 1.82) is 0 Å². The molecule has 0 aromatic carbocycles. The largest absolute Gasteiger partial charge is 0.481 e. The van der Waals surface area contributed by atoms with Crippen molar-refractivity contribution in [2.24, 2.45) is 5.41 Å². The molecule has 2 rings (SSSR count). The van der Waals surface area contributed by atoms with Gasteiger partial charge in [0.25, 0.3) is 0 Å². The molecule has 2 aliphatic carbocycles. The quantitative estimate of drug-likeness (QED) is 0.701. The number of urea groups is 1. The van der Waals surface area contributed by atoms with Gasteiger partial charge in [0.2, 0.25) is 0 Å². The Balaban J connectivity index is 1.77. The minimum absolute atomic E-state index is 0.0255. The van der Waals surface area contributed by atoms with Crippen LogP contribution in [0.5, 0.6) is 0 Å². The van der Waals surface area contributed by atoms with Gasteiger partial charge in [-0.2, -0.15) is 0 Å². The molecule has 0 bridgehead atoms. The molecule has 18 heavy (non-hydrogen) atoms. The molecule has 2 amide bonds. The van der Waals surface area contributed by atoms with E-state index in [2.05, 4.69) is 17.6 Å². The van der Waals surface area contributed by atoms with E-state index in [1.807, 2.05) is 0 Å². The Labute approximate surface area is 107 Å². The van der Waals surface area contributed by atoms with Gasteiger partial charge in [-0.3, -0.25) is 4.79 Å². The number of nitrogens with one attached hydrogen (secondary N) is 2. The second-order valence-corrected chi connectivity index (χ2v) is 6.18. The molecule has 0 atom stereocenters. The number of aliphatic carboxylic acids is 1. The summed E-state index contributed by atoms with van der Waals surface area (Å²) in [7, 11) is 0. The average Bonchev–Trinajstić information content (AvgIpc) is 2.20. The molecular weight excluding hydrogens is 232 g/mol. The zero-order chi connectivity index (χ0) is 13.2. The van der Waals surface area contributed by atoms with E-state index in [1.54, 1.807) is 0 Å². The standard InChI is InChI=1S/C13H22N2O3/c1-12(4-2-5-12)9-14-11(18)15-13(6-3-7-13)8-10(16)17/h2-9H2,1H3,(H,16,17)(H2,14,15,18). The molecule has 2 aliphatic rings. The van der Waals surface area contributed by atoms with Crippen LogP contribution in [0, 0.1) is 5.41 Å². The van der Waals surface area contributed by atoms with Gasteiger partial charge in [-0.15, -0.1) is 0 Å². The maximum atomic E-state index is 11.8. The molecule has 0 spiro atoms. The van der Waals surface area contributed by atoms with Gasteiger partial charge in [0.15, 0.2) is 0 Å². The van der Waals surface area contributed by atoms with Crippen LogP contribution in [-0.4, -0.2) is 29.2 Å². The summed E-state index contributed by atoms with van der Waals surface area (Å²) in [6, 6.07) is -0.218. The van der Waals surface area contributed by atoms with Crippen molar-refractivity contribution in [3.8, 4) is 0 Å². The monoisotopic (exact) mass is 254 g/mol. The van der Waals surface area contributed by atoms with E-state index in [0.717, 1.165) is 32.1 Å². The number of rotatable bonds is 5. The van der Waals surface area contributed by atoms with E-state index < -0.39 is 11.5 Å². The van der Waals surface area contributed by atoms with Gasteiger partial charge in [-0.25, -0.2) is 4.79 Å². The predicted octanol–water partition coefficient (Wildman–Crippen LogP) is 1.87. The van der Waals surface area contributed by atoms with Crippen molar-refractivity contribution in [3.63, 3.8) is 0 Å². The number of carbonyl (C=O) groups excluding carboxylic acids is 1. The molecule has 0 aromatic heterocycles. The Bertz CT molecular complexity index is 346. The molecule has 2 saturated carbocycles. The molecule has 3 N–H and O–H groups in total. The topological polar surface area (TPSA) is 78.4 Å². The third-order valence-electron chi connectivity index (χ3n) is 4.42. The summed E-state index contributed by atoms with van der Waals surface area (Å²) in [6.45, 7) is 2.86. The fraction of sp³-hybridized carbons (Fsp3) is 0.846. The minimum Gasteiger partial charge on any atom is -0.481 e. The van der Waals surface area contributed by atoms with Crippen LogP contribution in [0.1, 0.15) is 51.9 Å². The van der Waals surface area contributed by atoms with Crippen molar-refractivity contribution in [3.05, 3.63) is 0 Å². The number of amides is 2. The van der Waals surface area contributed by atoms with E-state index >= 15 is 0 Å². The van der Waals surface area contributed by atoms with E-state index in [1.165, 1.54) is 6.42 Å². The lowest BCUT2D eigenvalue weighted by Gasteiger charge is -2.42. The number of hydrogen-bond acceptors (Lipinski definition) is 2. The Morgan fingerprint density at radius 2 is 1.78 bits per heavy atom. The molecular formula is C13H22N2O3. The van der Waals surface area contributed by atoms with Crippen LogP contribution in [-0.2, 0) is 4.79 Å². The smallest absolute Gasteiger partial charge is 0.315 e. The number of carboxylic acid groups (broad SMARTS) is 1. The molecule has 0 heterocycles. The number of carboxylic acids is 1. The maximum Gasteiger partial charge on any atom is 0.315 e. The molecule has 102 valence electrons. The lowest BCUT2D eigenvalue weighted by atomic mass is 9.70. The second-order valence-electron chi connectivity index (χ2n) is 6.18. The molecule has 0 radical (unpaired) electrons. The van der Waals surface area contributed by atoms with Crippen LogP contribution in [0.2, 0.25) is 0 Å². The van der Waals surface area contributed by atoms with Gasteiger partial charge in [-0.05, 0) is 37.5 Å². The highest BCUT2D eigenvalue weighted by Crippen LogP contribution is 2.39. The van der Waals surface area contributed by atoms with Crippen molar-refractivity contribution in [2.75, 3.05) is 6.54 Å². The highest BCUT2D eigenvalue weighted by atomic mass is 16.4. The average molecular weight is 254 g/mol. The summed E-state index contributed by atoms with van der Waals surface area (Å²) in [5.41, 5.74) is -0.257. The van der Waals surface area contributed by atoms with Crippen molar-refractivity contribution >= 4 is 12.0 Å². The number of carbonyl (C=O) groups is 2.